The molecule has 0 aromatic heterocycles. The molecular weight excluding hydrogens is 357 g/mol. The number of hydrogen-bond acceptors (Lipinski definition) is 3. The van der Waals surface area contributed by atoms with E-state index in [9.17, 15) is 4.79 Å². The molecule has 0 bridgehead atoms. The van der Waals surface area contributed by atoms with Crippen LogP contribution in [-0.2, 0) is 11.3 Å². The van der Waals surface area contributed by atoms with Gasteiger partial charge in [-0.3, -0.25) is 9.69 Å². The van der Waals surface area contributed by atoms with E-state index in [0.717, 1.165) is 57.0 Å². The van der Waals surface area contributed by atoms with Crippen LogP contribution >= 0.6 is 36.4 Å². The van der Waals surface area contributed by atoms with Gasteiger partial charge in [-0.1, -0.05) is 23.7 Å². The van der Waals surface area contributed by atoms with E-state index in [-0.39, 0.29) is 30.7 Å². The molecule has 23 heavy (non-hydrogen) atoms. The Morgan fingerprint density at radius 3 is 2.35 bits per heavy atom. The van der Waals surface area contributed by atoms with Gasteiger partial charge in [-0.2, -0.15) is 0 Å². The molecule has 2 fully saturated rings. The van der Waals surface area contributed by atoms with Crippen molar-refractivity contribution in [3.05, 3.63) is 34.9 Å². The van der Waals surface area contributed by atoms with Gasteiger partial charge in [0.25, 0.3) is 0 Å². The van der Waals surface area contributed by atoms with Crippen LogP contribution in [0.3, 0.4) is 0 Å². The molecule has 130 valence electrons. The third kappa shape index (κ3) is 5.23. The third-order valence-corrected chi connectivity index (χ3v) is 4.66. The van der Waals surface area contributed by atoms with Crippen molar-refractivity contribution in [3.8, 4) is 0 Å². The Labute approximate surface area is 155 Å². The standard InChI is InChI=1S/C16H22ClN3O.2ClH/c17-14-4-2-13(3-5-14)12-19-8-1-9-20(11-10-19)15(21)16(18)6-7-16;;/h2-5H,1,6-12,18H2;2*1H. The van der Waals surface area contributed by atoms with Crippen molar-refractivity contribution < 1.29 is 4.79 Å². The van der Waals surface area contributed by atoms with Gasteiger partial charge in [-0.05, 0) is 37.0 Å². The maximum absolute atomic E-state index is 12.3. The molecule has 0 spiro atoms. The van der Waals surface area contributed by atoms with Crippen molar-refractivity contribution >= 4 is 42.3 Å². The summed E-state index contributed by atoms with van der Waals surface area (Å²) in [7, 11) is 0. The Hall–Kier alpha value is -0.520. The Kier molecular flexibility index (Phi) is 7.62. The van der Waals surface area contributed by atoms with Gasteiger partial charge >= 0.3 is 0 Å². The fourth-order valence-corrected chi connectivity index (χ4v) is 2.97. The highest BCUT2D eigenvalue weighted by atomic mass is 35.5. The van der Waals surface area contributed by atoms with Crippen LogP contribution in [0.15, 0.2) is 24.3 Å². The van der Waals surface area contributed by atoms with Crippen molar-refractivity contribution in [2.45, 2.75) is 31.3 Å². The summed E-state index contributed by atoms with van der Waals surface area (Å²) in [5.41, 5.74) is 6.75. The van der Waals surface area contributed by atoms with E-state index in [1.165, 1.54) is 5.56 Å². The number of nitrogens with zero attached hydrogens (tertiary/aromatic N) is 2. The van der Waals surface area contributed by atoms with E-state index in [1.807, 2.05) is 17.0 Å². The number of halogens is 3. The molecule has 1 aromatic carbocycles. The van der Waals surface area contributed by atoms with Crippen molar-refractivity contribution in [2.75, 3.05) is 26.2 Å². The van der Waals surface area contributed by atoms with E-state index < -0.39 is 5.54 Å². The molecule has 1 heterocycles. The highest BCUT2D eigenvalue weighted by Crippen LogP contribution is 2.34. The zero-order valence-corrected chi connectivity index (χ0v) is 15.4. The Bertz CT molecular complexity index is 520. The van der Waals surface area contributed by atoms with Gasteiger partial charge in [0.2, 0.25) is 5.91 Å². The molecule has 1 aliphatic carbocycles. The molecule has 3 rings (SSSR count). The molecule has 0 unspecified atom stereocenters. The summed E-state index contributed by atoms with van der Waals surface area (Å²) in [5.74, 6) is 0.149. The Balaban J connectivity index is 0.00000132. The highest BCUT2D eigenvalue weighted by molar-refractivity contribution is 6.30. The quantitative estimate of drug-likeness (QED) is 0.877. The van der Waals surface area contributed by atoms with Crippen LogP contribution in [-0.4, -0.2) is 47.4 Å². The third-order valence-electron chi connectivity index (χ3n) is 4.41. The number of carbonyl (C=O) groups excluding carboxylic acids is 1. The topological polar surface area (TPSA) is 49.6 Å². The van der Waals surface area contributed by atoms with Gasteiger partial charge in [0.05, 0.1) is 5.54 Å². The number of benzene rings is 1. The summed E-state index contributed by atoms with van der Waals surface area (Å²) in [6.07, 6.45) is 2.70. The summed E-state index contributed by atoms with van der Waals surface area (Å²) in [5, 5.41) is 0.768. The monoisotopic (exact) mass is 379 g/mol. The Morgan fingerprint density at radius 2 is 1.74 bits per heavy atom. The zero-order chi connectivity index (χ0) is 14.9. The predicted octanol–water partition coefficient (Wildman–Crippen LogP) is 2.71. The second kappa shape index (κ2) is 8.54. The fraction of sp³-hybridized carbons (Fsp3) is 0.562. The van der Waals surface area contributed by atoms with E-state index in [2.05, 4.69) is 17.0 Å². The zero-order valence-electron chi connectivity index (χ0n) is 13.0. The Morgan fingerprint density at radius 1 is 1.09 bits per heavy atom. The summed E-state index contributed by atoms with van der Waals surface area (Å²) >= 11 is 5.91. The first-order valence-electron chi connectivity index (χ1n) is 7.62. The number of rotatable bonds is 3. The van der Waals surface area contributed by atoms with Crippen LogP contribution in [0.2, 0.25) is 5.02 Å². The largest absolute Gasteiger partial charge is 0.340 e. The van der Waals surface area contributed by atoms with Crippen LogP contribution in [0, 0.1) is 0 Å². The van der Waals surface area contributed by atoms with Gasteiger partial charge in [-0.15, -0.1) is 24.8 Å². The van der Waals surface area contributed by atoms with Crippen LogP contribution in [0.4, 0.5) is 0 Å². The van der Waals surface area contributed by atoms with Crippen molar-refractivity contribution in [2.24, 2.45) is 5.73 Å². The molecular formula is C16H24Cl3N3O. The minimum absolute atomic E-state index is 0. The van der Waals surface area contributed by atoms with Gasteiger partial charge < -0.3 is 10.6 Å². The van der Waals surface area contributed by atoms with Gasteiger partial charge in [0.15, 0.2) is 0 Å². The second-order valence-corrected chi connectivity index (χ2v) is 6.64. The molecule has 1 amide bonds. The molecule has 2 N–H and O–H groups in total. The molecule has 1 aromatic rings. The second-order valence-electron chi connectivity index (χ2n) is 6.20. The maximum Gasteiger partial charge on any atom is 0.242 e. The molecule has 4 nitrogen and oxygen atoms in total. The van der Waals surface area contributed by atoms with Crippen LogP contribution in [0.5, 0.6) is 0 Å². The van der Waals surface area contributed by atoms with E-state index >= 15 is 0 Å². The normalized spacial score (nSPS) is 20.0. The maximum atomic E-state index is 12.3. The minimum atomic E-state index is -0.536. The average Bonchev–Trinajstić information content (AvgIpc) is 3.25. The van der Waals surface area contributed by atoms with Gasteiger partial charge in [0.1, 0.15) is 0 Å². The van der Waals surface area contributed by atoms with Crippen LogP contribution in [0.1, 0.15) is 24.8 Å². The van der Waals surface area contributed by atoms with Crippen molar-refractivity contribution in [3.63, 3.8) is 0 Å². The van der Waals surface area contributed by atoms with E-state index in [4.69, 9.17) is 17.3 Å². The number of hydrogen-bond donors (Lipinski definition) is 1. The van der Waals surface area contributed by atoms with Crippen molar-refractivity contribution in [1.82, 2.24) is 9.80 Å². The molecule has 1 saturated heterocycles. The van der Waals surface area contributed by atoms with Gasteiger partial charge in [0, 0.05) is 37.7 Å². The van der Waals surface area contributed by atoms with E-state index in [1.54, 1.807) is 0 Å². The number of amides is 1. The smallest absolute Gasteiger partial charge is 0.242 e. The summed E-state index contributed by atoms with van der Waals surface area (Å²) < 4.78 is 0. The lowest BCUT2D eigenvalue weighted by Gasteiger charge is -2.24. The molecule has 0 radical (unpaired) electrons. The molecule has 1 aliphatic heterocycles. The highest BCUT2D eigenvalue weighted by Gasteiger charge is 2.48. The van der Waals surface area contributed by atoms with E-state index in [0.29, 0.717) is 0 Å². The fourth-order valence-electron chi connectivity index (χ4n) is 2.84. The number of carbonyl (C=O) groups is 1. The molecule has 7 heteroatoms. The molecule has 0 atom stereocenters. The molecule has 2 aliphatic rings. The van der Waals surface area contributed by atoms with Crippen LogP contribution in [0.25, 0.3) is 0 Å². The summed E-state index contributed by atoms with van der Waals surface area (Å²) in [4.78, 5) is 16.7. The lowest BCUT2D eigenvalue weighted by molar-refractivity contribution is -0.133. The molecule has 1 saturated carbocycles. The van der Waals surface area contributed by atoms with Crippen molar-refractivity contribution in [1.29, 1.82) is 0 Å². The van der Waals surface area contributed by atoms with Crippen LogP contribution < -0.4 is 5.73 Å². The first-order valence-corrected chi connectivity index (χ1v) is 8.00. The number of nitrogens with two attached hydrogens (primary N) is 1. The predicted molar refractivity (Wildman–Crippen MR) is 98.6 cm³/mol. The first-order chi connectivity index (χ1) is 10.1. The van der Waals surface area contributed by atoms with Gasteiger partial charge in [-0.25, -0.2) is 0 Å². The first kappa shape index (κ1) is 20.5. The average molecular weight is 381 g/mol. The lowest BCUT2D eigenvalue weighted by atomic mass is 10.2. The lowest BCUT2D eigenvalue weighted by Crippen LogP contribution is -2.47. The minimum Gasteiger partial charge on any atom is -0.340 e. The summed E-state index contributed by atoms with van der Waals surface area (Å²) in [6.45, 7) is 4.45. The SMILES string of the molecule is Cl.Cl.NC1(C(=O)N2CCCN(Cc3ccc(Cl)cc3)CC2)CC1. The summed E-state index contributed by atoms with van der Waals surface area (Å²) in [6, 6.07) is 7.98.